The number of hydrogen-bond acceptors (Lipinski definition) is 4. The Bertz CT molecular complexity index is 636. The zero-order chi connectivity index (χ0) is 17.4. The van der Waals surface area contributed by atoms with Crippen molar-refractivity contribution in [2.24, 2.45) is 0 Å². The summed E-state index contributed by atoms with van der Waals surface area (Å²) < 4.78 is 51.7. The molecule has 1 heterocycles. The molecule has 1 aromatic rings. The molecule has 1 aliphatic heterocycles. The highest BCUT2D eigenvalue weighted by atomic mass is 19.3. The van der Waals surface area contributed by atoms with E-state index in [1.165, 1.54) is 18.2 Å². The van der Waals surface area contributed by atoms with Crippen molar-refractivity contribution in [3.8, 4) is 0 Å². The van der Waals surface area contributed by atoms with Crippen LogP contribution in [0.5, 0.6) is 0 Å². The van der Waals surface area contributed by atoms with Crippen molar-refractivity contribution in [1.29, 1.82) is 0 Å². The van der Waals surface area contributed by atoms with Gasteiger partial charge in [0.15, 0.2) is 0 Å². The number of halogens is 4. The molecule has 1 amide bonds. The average Bonchev–Trinajstić information content (AvgIpc) is 2.86. The van der Waals surface area contributed by atoms with Crippen LogP contribution in [0.4, 0.5) is 23.2 Å². The topological polar surface area (TPSA) is 55.8 Å². The van der Waals surface area contributed by atoms with Gasteiger partial charge in [-0.25, -0.2) is 22.6 Å². The lowest BCUT2D eigenvalue weighted by Gasteiger charge is -2.31. The first-order valence-corrected chi connectivity index (χ1v) is 6.57. The Kier molecular flexibility index (Phi) is 4.51. The summed E-state index contributed by atoms with van der Waals surface area (Å²) in [6.45, 7) is 0. The molecule has 0 fully saturated rings. The number of alkyl halides is 4. The van der Waals surface area contributed by atoms with Crippen LogP contribution in [-0.2, 0) is 0 Å². The van der Waals surface area contributed by atoms with E-state index < -0.39 is 30.2 Å². The highest BCUT2D eigenvalue weighted by molar-refractivity contribution is 5.95. The Labute approximate surface area is 129 Å². The van der Waals surface area contributed by atoms with Crippen LogP contribution >= 0.6 is 0 Å². The predicted molar refractivity (Wildman–Crippen MR) is 75.1 cm³/mol. The molecule has 0 saturated heterocycles. The Morgan fingerprint density at radius 3 is 2.48 bits per heavy atom. The molecule has 0 bridgehead atoms. The van der Waals surface area contributed by atoms with E-state index in [1.807, 2.05) is 5.43 Å². The summed E-state index contributed by atoms with van der Waals surface area (Å²) in [5.41, 5.74) is -1.66. The number of amides is 1. The van der Waals surface area contributed by atoms with Crippen molar-refractivity contribution in [3.63, 3.8) is 0 Å². The summed E-state index contributed by atoms with van der Waals surface area (Å²) >= 11 is 0. The van der Waals surface area contributed by atoms with Crippen LogP contribution in [0, 0.1) is 0 Å². The van der Waals surface area contributed by atoms with Crippen LogP contribution in [0.2, 0.25) is 0 Å². The number of anilines is 1. The van der Waals surface area contributed by atoms with E-state index in [0.717, 1.165) is 0 Å². The summed E-state index contributed by atoms with van der Waals surface area (Å²) in [4.78, 5) is 14.1. The first kappa shape index (κ1) is 17.1. The average molecular weight is 333 g/mol. The highest BCUT2D eigenvalue weighted by Gasteiger charge is 2.51. The third-order valence-corrected chi connectivity index (χ3v) is 3.34. The highest BCUT2D eigenvalue weighted by Crippen LogP contribution is 2.31. The molecule has 0 aliphatic carbocycles. The Hall–Kier alpha value is -2.29. The van der Waals surface area contributed by atoms with E-state index in [1.54, 1.807) is 25.1 Å². The molecule has 1 aliphatic rings. The fraction of sp³-hybridized carbons (Fsp3) is 0.357. The molecule has 0 aromatic heterocycles. The summed E-state index contributed by atoms with van der Waals surface area (Å²) in [5, 5.41) is 10.0. The van der Waals surface area contributed by atoms with Crippen LogP contribution in [0.15, 0.2) is 36.0 Å². The number of rotatable bonds is 4. The number of hydrazine groups is 1. The zero-order valence-electron chi connectivity index (χ0n) is 12.3. The molecule has 23 heavy (non-hydrogen) atoms. The van der Waals surface area contributed by atoms with E-state index in [-0.39, 0.29) is 16.6 Å². The van der Waals surface area contributed by atoms with Crippen LogP contribution in [0.1, 0.15) is 10.4 Å². The summed E-state index contributed by atoms with van der Waals surface area (Å²) in [7, 11) is 3.42. The SMILES string of the molecule is CN(C)c1cccc(C(=O)N2NC(C(F)F)=CC2(O)C(F)F)c1. The van der Waals surface area contributed by atoms with Gasteiger partial charge < -0.3 is 10.0 Å². The fourth-order valence-electron chi connectivity index (χ4n) is 2.08. The van der Waals surface area contributed by atoms with E-state index in [2.05, 4.69) is 0 Å². The number of hydrogen-bond donors (Lipinski definition) is 2. The van der Waals surface area contributed by atoms with Gasteiger partial charge in [-0.1, -0.05) is 6.07 Å². The molecule has 9 heteroatoms. The quantitative estimate of drug-likeness (QED) is 0.826. The number of nitrogens with one attached hydrogen (secondary N) is 1. The number of nitrogens with zero attached hydrogens (tertiary/aromatic N) is 2. The van der Waals surface area contributed by atoms with Gasteiger partial charge in [0, 0.05) is 31.4 Å². The second-order valence-corrected chi connectivity index (χ2v) is 5.18. The van der Waals surface area contributed by atoms with Crippen molar-refractivity contribution in [3.05, 3.63) is 41.6 Å². The summed E-state index contributed by atoms with van der Waals surface area (Å²) in [5.74, 6) is -1.05. The standard InChI is InChI=1S/C14H15F4N3O2/c1-20(2)9-5-3-4-8(6-9)12(22)21-14(23,13(17)18)7-10(19-21)11(15)16/h3-7,11,13,19,23H,1-2H3. The Balaban J connectivity index is 2.37. The molecule has 1 atom stereocenters. The van der Waals surface area contributed by atoms with Gasteiger partial charge in [0.05, 0.1) is 5.70 Å². The van der Waals surface area contributed by atoms with Crippen LogP contribution in [-0.4, -0.2) is 48.7 Å². The molecule has 2 rings (SSSR count). The Morgan fingerprint density at radius 1 is 1.30 bits per heavy atom. The number of benzene rings is 1. The van der Waals surface area contributed by atoms with Gasteiger partial charge in [0.2, 0.25) is 5.72 Å². The minimum atomic E-state index is -3.47. The molecule has 0 saturated carbocycles. The third-order valence-electron chi connectivity index (χ3n) is 3.34. The third kappa shape index (κ3) is 3.09. The molecule has 1 aromatic carbocycles. The lowest BCUT2D eigenvalue weighted by atomic mass is 10.1. The second kappa shape index (κ2) is 6.07. The monoisotopic (exact) mass is 333 g/mol. The minimum Gasteiger partial charge on any atom is -0.378 e. The molecule has 2 N–H and O–H groups in total. The van der Waals surface area contributed by atoms with Gasteiger partial charge in [-0.2, -0.15) is 0 Å². The zero-order valence-corrected chi connectivity index (χ0v) is 12.3. The van der Waals surface area contributed by atoms with Gasteiger partial charge in [0.1, 0.15) is 0 Å². The van der Waals surface area contributed by atoms with Crippen LogP contribution in [0.3, 0.4) is 0 Å². The van der Waals surface area contributed by atoms with Crippen LogP contribution in [0.25, 0.3) is 0 Å². The number of carbonyl (C=O) groups excluding carboxylic acids is 1. The van der Waals surface area contributed by atoms with Crippen molar-refractivity contribution in [2.75, 3.05) is 19.0 Å². The first-order valence-electron chi connectivity index (χ1n) is 6.57. The maximum Gasteiger partial charge on any atom is 0.291 e. The van der Waals surface area contributed by atoms with E-state index in [0.29, 0.717) is 5.69 Å². The van der Waals surface area contributed by atoms with Gasteiger partial charge in [-0.3, -0.25) is 10.2 Å². The molecule has 5 nitrogen and oxygen atoms in total. The molecule has 1 unspecified atom stereocenters. The normalized spacial score (nSPS) is 20.7. The lowest BCUT2D eigenvalue weighted by molar-refractivity contribution is -0.146. The fourth-order valence-corrected chi connectivity index (χ4v) is 2.08. The van der Waals surface area contributed by atoms with Crippen molar-refractivity contribution < 1.29 is 27.5 Å². The first-order chi connectivity index (χ1) is 10.7. The molecular formula is C14H15F4N3O2. The predicted octanol–water partition coefficient (Wildman–Crippen LogP) is 1.82. The molecule has 126 valence electrons. The molecule has 0 radical (unpaired) electrons. The van der Waals surface area contributed by atoms with Crippen molar-refractivity contribution in [1.82, 2.24) is 10.4 Å². The van der Waals surface area contributed by atoms with Crippen molar-refractivity contribution >= 4 is 11.6 Å². The number of carbonyl (C=O) groups is 1. The number of aliphatic hydroxyl groups is 1. The summed E-state index contributed by atoms with van der Waals surface area (Å²) in [6.07, 6.45) is -6.34. The smallest absolute Gasteiger partial charge is 0.291 e. The maximum absolute atomic E-state index is 13.1. The Morgan fingerprint density at radius 2 is 1.96 bits per heavy atom. The molecular weight excluding hydrogens is 318 g/mol. The van der Waals surface area contributed by atoms with Gasteiger partial charge >= 0.3 is 0 Å². The largest absolute Gasteiger partial charge is 0.378 e. The van der Waals surface area contributed by atoms with Crippen molar-refractivity contribution in [2.45, 2.75) is 18.6 Å². The van der Waals surface area contributed by atoms with Crippen LogP contribution < -0.4 is 10.3 Å². The molecule has 0 spiro atoms. The second-order valence-electron chi connectivity index (χ2n) is 5.18. The van der Waals surface area contributed by atoms with E-state index in [9.17, 15) is 27.5 Å². The van der Waals surface area contributed by atoms with E-state index >= 15 is 0 Å². The minimum absolute atomic E-state index is 0.0355. The van der Waals surface area contributed by atoms with Gasteiger partial charge in [-0.05, 0) is 18.2 Å². The van der Waals surface area contributed by atoms with E-state index in [4.69, 9.17) is 0 Å². The van der Waals surface area contributed by atoms with Gasteiger partial charge in [0.25, 0.3) is 18.8 Å². The summed E-state index contributed by atoms with van der Waals surface area (Å²) in [6, 6.07) is 5.93. The maximum atomic E-state index is 13.1. The van der Waals surface area contributed by atoms with Gasteiger partial charge in [-0.15, -0.1) is 0 Å². The lowest BCUT2D eigenvalue weighted by Crippen LogP contribution is -2.56. The number of allylic oxidation sites excluding steroid dienone is 1.